The van der Waals surface area contributed by atoms with Gasteiger partial charge in [0.15, 0.2) is 0 Å². The van der Waals surface area contributed by atoms with Gasteiger partial charge in [-0.1, -0.05) is 0 Å². The van der Waals surface area contributed by atoms with E-state index >= 15 is 0 Å². The second kappa shape index (κ2) is 5.16. The van der Waals surface area contributed by atoms with Crippen LogP contribution in [-0.2, 0) is 8.92 Å². The molecule has 4 heteroatoms. The molecule has 2 rings (SSSR count). The van der Waals surface area contributed by atoms with Gasteiger partial charge in [0.05, 0.1) is 18.0 Å². The third kappa shape index (κ3) is 2.31. The van der Waals surface area contributed by atoms with Crippen molar-refractivity contribution in [1.82, 2.24) is 0 Å². The molecular formula is C10H14O2S2. The van der Waals surface area contributed by atoms with Crippen LogP contribution in [0.2, 0.25) is 0 Å². The van der Waals surface area contributed by atoms with Crippen LogP contribution in [-0.4, -0.2) is 19.0 Å². The molecule has 0 spiro atoms. The summed E-state index contributed by atoms with van der Waals surface area (Å²) >= 11 is 3.29. The van der Waals surface area contributed by atoms with Crippen molar-refractivity contribution in [2.75, 3.05) is 13.7 Å². The standard InChI is InChI=1S/C10H14O2S2/c1-11-10(8-4-6-13-7-8)9-3-2-5-12-14-9/h4,6-7,9-10H,2-3,5H2,1H3. The van der Waals surface area contributed by atoms with E-state index in [4.69, 9.17) is 8.92 Å². The van der Waals surface area contributed by atoms with Crippen molar-refractivity contribution in [2.45, 2.75) is 24.2 Å². The summed E-state index contributed by atoms with van der Waals surface area (Å²) in [5, 5.41) is 4.70. The van der Waals surface area contributed by atoms with Gasteiger partial charge in [0.25, 0.3) is 0 Å². The molecule has 2 atom stereocenters. The highest BCUT2D eigenvalue weighted by molar-refractivity contribution is 7.95. The van der Waals surface area contributed by atoms with Crippen LogP contribution in [0, 0.1) is 0 Å². The first-order valence-corrected chi connectivity index (χ1v) is 6.49. The van der Waals surface area contributed by atoms with Crippen molar-refractivity contribution >= 4 is 23.4 Å². The highest BCUT2D eigenvalue weighted by Crippen LogP contribution is 2.36. The fraction of sp³-hybridized carbons (Fsp3) is 0.600. The van der Waals surface area contributed by atoms with E-state index in [0.29, 0.717) is 5.25 Å². The van der Waals surface area contributed by atoms with Gasteiger partial charge in [0, 0.05) is 7.11 Å². The summed E-state index contributed by atoms with van der Waals surface area (Å²) < 4.78 is 10.9. The number of rotatable bonds is 3. The summed E-state index contributed by atoms with van der Waals surface area (Å²) in [5.41, 5.74) is 1.28. The summed E-state index contributed by atoms with van der Waals surface area (Å²) in [6.07, 6.45) is 2.51. The molecule has 1 saturated heterocycles. The van der Waals surface area contributed by atoms with Crippen molar-refractivity contribution < 1.29 is 8.92 Å². The number of hydrogen-bond donors (Lipinski definition) is 0. The molecule has 0 amide bonds. The minimum atomic E-state index is 0.187. The molecular weight excluding hydrogens is 216 g/mol. The van der Waals surface area contributed by atoms with Gasteiger partial charge in [-0.2, -0.15) is 11.3 Å². The Morgan fingerprint density at radius 1 is 1.64 bits per heavy atom. The number of ether oxygens (including phenoxy) is 1. The van der Waals surface area contributed by atoms with Gasteiger partial charge >= 0.3 is 0 Å². The largest absolute Gasteiger partial charge is 0.375 e. The first-order chi connectivity index (χ1) is 6.92. The van der Waals surface area contributed by atoms with E-state index < -0.39 is 0 Å². The first-order valence-electron chi connectivity index (χ1n) is 4.75. The molecule has 0 radical (unpaired) electrons. The maximum Gasteiger partial charge on any atom is 0.0970 e. The van der Waals surface area contributed by atoms with E-state index in [1.54, 1.807) is 30.5 Å². The topological polar surface area (TPSA) is 18.5 Å². The molecule has 0 aromatic carbocycles. The summed E-state index contributed by atoms with van der Waals surface area (Å²) in [7, 11) is 1.78. The molecule has 1 aromatic heterocycles. The summed E-state index contributed by atoms with van der Waals surface area (Å²) in [5.74, 6) is 0. The lowest BCUT2D eigenvalue weighted by molar-refractivity contribution is 0.0918. The molecule has 1 fully saturated rings. The van der Waals surface area contributed by atoms with Crippen LogP contribution >= 0.6 is 23.4 Å². The monoisotopic (exact) mass is 230 g/mol. The average molecular weight is 230 g/mol. The smallest absolute Gasteiger partial charge is 0.0970 e. The normalized spacial score (nSPS) is 24.8. The fourth-order valence-corrected chi connectivity index (χ4v) is 3.37. The molecule has 0 aliphatic carbocycles. The van der Waals surface area contributed by atoms with Crippen LogP contribution in [0.5, 0.6) is 0 Å². The third-order valence-electron chi connectivity index (χ3n) is 2.37. The molecule has 1 aliphatic rings. The van der Waals surface area contributed by atoms with Crippen molar-refractivity contribution in [2.24, 2.45) is 0 Å². The van der Waals surface area contributed by atoms with E-state index in [1.807, 2.05) is 0 Å². The zero-order valence-corrected chi connectivity index (χ0v) is 9.77. The van der Waals surface area contributed by atoms with Crippen LogP contribution in [0.3, 0.4) is 0 Å². The number of methoxy groups -OCH3 is 1. The third-order valence-corrected chi connectivity index (χ3v) is 4.11. The first kappa shape index (κ1) is 10.5. The minimum absolute atomic E-state index is 0.187. The van der Waals surface area contributed by atoms with Gasteiger partial charge < -0.3 is 8.92 Å². The Labute approximate surface area is 92.8 Å². The lowest BCUT2D eigenvalue weighted by atomic mass is 10.1. The van der Waals surface area contributed by atoms with Crippen molar-refractivity contribution in [1.29, 1.82) is 0 Å². The van der Waals surface area contributed by atoms with Gasteiger partial charge in [-0.25, -0.2) is 0 Å². The molecule has 0 saturated carbocycles. The predicted octanol–water partition coefficient (Wildman–Crippen LogP) is 3.26. The maximum absolute atomic E-state index is 5.54. The summed E-state index contributed by atoms with van der Waals surface area (Å²) in [4.78, 5) is 0. The van der Waals surface area contributed by atoms with E-state index in [0.717, 1.165) is 13.0 Å². The summed E-state index contributed by atoms with van der Waals surface area (Å²) in [6, 6.07) is 2.13. The Hall–Kier alpha value is -0.0300. The quantitative estimate of drug-likeness (QED) is 0.743. The van der Waals surface area contributed by atoms with E-state index in [2.05, 4.69) is 16.8 Å². The molecule has 2 heterocycles. The molecule has 0 N–H and O–H groups in total. The fourth-order valence-electron chi connectivity index (χ4n) is 1.67. The van der Waals surface area contributed by atoms with E-state index in [1.165, 1.54) is 12.0 Å². The van der Waals surface area contributed by atoms with Gasteiger partial charge in [0.1, 0.15) is 0 Å². The summed E-state index contributed by atoms with van der Waals surface area (Å²) in [6.45, 7) is 0.876. The van der Waals surface area contributed by atoms with Crippen LogP contribution in [0.15, 0.2) is 16.8 Å². The average Bonchev–Trinajstić information content (AvgIpc) is 2.74. The predicted molar refractivity (Wildman–Crippen MR) is 60.6 cm³/mol. The van der Waals surface area contributed by atoms with Gasteiger partial charge in [-0.3, -0.25) is 0 Å². The van der Waals surface area contributed by atoms with Crippen LogP contribution in [0.25, 0.3) is 0 Å². The number of hydrogen-bond acceptors (Lipinski definition) is 4. The minimum Gasteiger partial charge on any atom is -0.375 e. The molecule has 2 unspecified atom stereocenters. The van der Waals surface area contributed by atoms with Crippen molar-refractivity contribution in [3.05, 3.63) is 22.4 Å². The zero-order chi connectivity index (χ0) is 9.80. The second-order valence-corrected chi connectivity index (χ2v) is 5.13. The highest BCUT2D eigenvalue weighted by Gasteiger charge is 2.26. The second-order valence-electron chi connectivity index (χ2n) is 3.31. The SMILES string of the molecule is COC(c1ccsc1)C1CCCOS1. The van der Waals surface area contributed by atoms with Gasteiger partial charge in [0.2, 0.25) is 0 Å². The van der Waals surface area contributed by atoms with Crippen molar-refractivity contribution in [3.8, 4) is 0 Å². The van der Waals surface area contributed by atoms with E-state index in [9.17, 15) is 0 Å². The van der Waals surface area contributed by atoms with Gasteiger partial charge in [-0.05, 0) is 47.3 Å². The van der Waals surface area contributed by atoms with Crippen LogP contribution in [0.4, 0.5) is 0 Å². The number of thiophene rings is 1. The zero-order valence-electron chi connectivity index (χ0n) is 8.14. The van der Waals surface area contributed by atoms with Crippen molar-refractivity contribution in [3.63, 3.8) is 0 Å². The Kier molecular flexibility index (Phi) is 3.87. The lowest BCUT2D eigenvalue weighted by Crippen LogP contribution is -2.21. The molecule has 1 aromatic rings. The highest BCUT2D eigenvalue weighted by atomic mass is 32.2. The molecule has 2 nitrogen and oxygen atoms in total. The molecule has 0 bridgehead atoms. The molecule has 14 heavy (non-hydrogen) atoms. The Bertz CT molecular complexity index is 255. The van der Waals surface area contributed by atoms with E-state index in [-0.39, 0.29) is 6.10 Å². The Balaban J connectivity index is 2.04. The molecule has 1 aliphatic heterocycles. The molecule has 78 valence electrons. The maximum atomic E-state index is 5.54. The Morgan fingerprint density at radius 3 is 3.14 bits per heavy atom. The van der Waals surface area contributed by atoms with Gasteiger partial charge in [-0.15, -0.1) is 0 Å². The van der Waals surface area contributed by atoms with Crippen LogP contribution < -0.4 is 0 Å². The Morgan fingerprint density at radius 2 is 2.57 bits per heavy atom. The van der Waals surface area contributed by atoms with Crippen LogP contribution in [0.1, 0.15) is 24.5 Å². The lowest BCUT2D eigenvalue weighted by Gasteiger charge is -2.27.